The Hall–Kier alpha value is -2.08. The van der Waals surface area contributed by atoms with E-state index in [4.69, 9.17) is 15.9 Å². The largest absolute Gasteiger partial charge is 0.508 e. The van der Waals surface area contributed by atoms with Crippen LogP contribution in [0.25, 0.3) is 0 Å². The van der Waals surface area contributed by atoms with Crippen LogP contribution in [0.2, 0.25) is 0 Å². The van der Waals surface area contributed by atoms with Crippen LogP contribution in [0.5, 0.6) is 5.75 Å². The number of carboxylic acids is 1. The molecule has 1 aromatic rings. The molecular weight excluding hydrogens is 248 g/mol. The van der Waals surface area contributed by atoms with E-state index >= 15 is 0 Å². The SMILES string of the molecule is CC[C@@H](N)C(=O)N[C@@H](Cc1ccc(O)cc1)C(=O)O. The zero-order valence-corrected chi connectivity index (χ0v) is 10.7. The second-order valence-corrected chi connectivity index (χ2v) is 4.28. The Bertz CT molecular complexity index is 444. The van der Waals surface area contributed by atoms with E-state index in [9.17, 15) is 9.59 Å². The van der Waals surface area contributed by atoms with Crippen molar-refractivity contribution >= 4 is 11.9 Å². The number of phenols is 1. The van der Waals surface area contributed by atoms with Crippen molar-refractivity contribution in [1.29, 1.82) is 0 Å². The van der Waals surface area contributed by atoms with Gasteiger partial charge in [-0.3, -0.25) is 4.79 Å². The van der Waals surface area contributed by atoms with Crippen molar-refractivity contribution in [2.24, 2.45) is 5.73 Å². The van der Waals surface area contributed by atoms with E-state index in [1.807, 2.05) is 0 Å². The van der Waals surface area contributed by atoms with Crippen molar-refractivity contribution < 1.29 is 19.8 Å². The number of hydrogen-bond acceptors (Lipinski definition) is 4. The smallest absolute Gasteiger partial charge is 0.326 e. The lowest BCUT2D eigenvalue weighted by atomic mass is 10.1. The summed E-state index contributed by atoms with van der Waals surface area (Å²) in [5.41, 5.74) is 6.24. The molecule has 0 spiro atoms. The highest BCUT2D eigenvalue weighted by molar-refractivity contribution is 5.86. The normalized spacial score (nSPS) is 13.6. The van der Waals surface area contributed by atoms with Gasteiger partial charge in [-0.25, -0.2) is 4.79 Å². The van der Waals surface area contributed by atoms with Gasteiger partial charge in [0.25, 0.3) is 0 Å². The van der Waals surface area contributed by atoms with Crippen molar-refractivity contribution in [3.63, 3.8) is 0 Å². The molecule has 0 bridgehead atoms. The maximum absolute atomic E-state index is 11.6. The minimum Gasteiger partial charge on any atom is -0.508 e. The highest BCUT2D eigenvalue weighted by Crippen LogP contribution is 2.11. The minimum atomic E-state index is -1.12. The molecule has 0 unspecified atom stereocenters. The summed E-state index contributed by atoms with van der Waals surface area (Å²) >= 11 is 0. The fraction of sp³-hybridized carbons (Fsp3) is 0.385. The van der Waals surface area contributed by atoms with Crippen molar-refractivity contribution in [2.75, 3.05) is 0 Å². The molecule has 0 radical (unpaired) electrons. The fourth-order valence-corrected chi connectivity index (χ4v) is 1.53. The van der Waals surface area contributed by atoms with Crippen LogP contribution in [0.1, 0.15) is 18.9 Å². The van der Waals surface area contributed by atoms with Crippen LogP contribution in [0, 0.1) is 0 Å². The highest BCUT2D eigenvalue weighted by Gasteiger charge is 2.22. The number of rotatable bonds is 6. The van der Waals surface area contributed by atoms with Gasteiger partial charge >= 0.3 is 5.97 Å². The Morgan fingerprint density at radius 1 is 1.32 bits per heavy atom. The number of phenolic OH excluding ortho intramolecular Hbond substituents is 1. The van der Waals surface area contributed by atoms with E-state index in [0.717, 1.165) is 0 Å². The van der Waals surface area contributed by atoms with Crippen molar-refractivity contribution in [1.82, 2.24) is 5.32 Å². The number of benzene rings is 1. The number of carbonyl (C=O) groups excluding carboxylic acids is 1. The molecule has 2 atom stereocenters. The quantitative estimate of drug-likeness (QED) is 0.589. The van der Waals surface area contributed by atoms with Crippen molar-refractivity contribution in [3.8, 4) is 5.75 Å². The summed E-state index contributed by atoms with van der Waals surface area (Å²) in [5.74, 6) is -1.49. The van der Waals surface area contributed by atoms with Gasteiger partial charge < -0.3 is 21.3 Å². The number of carbonyl (C=O) groups is 2. The molecule has 0 saturated heterocycles. The molecule has 104 valence electrons. The molecule has 1 amide bonds. The van der Waals surface area contributed by atoms with Gasteiger partial charge in [-0.1, -0.05) is 19.1 Å². The molecule has 6 nitrogen and oxygen atoms in total. The summed E-state index contributed by atoms with van der Waals surface area (Å²) in [7, 11) is 0. The number of nitrogens with one attached hydrogen (secondary N) is 1. The highest BCUT2D eigenvalue weighted by atomic mass is 16.4. The van der Waals surface area contributed by atoms with Gasteiger partial charge in [0, 0.05) is 6.42 Å². The van der Waals surface area contributed by atoms with E-state index in [-0.39, 0.29) is 12.2 Å². The van der Waals surface area contributed by atoms with E-state index in [2.05, 4.69) is 5.32 Å². The molecule has 0 aliphatic carbocycles. The van der Waals surface area contributed by atoms with Crippen molar-refractivity contribution in [3.05, 3.63) is 29.8 Å². The number of amides is 1. The average molecular weight is 266 g/mol. The molecule has 0 aromatic heterocycles. The summed E-state index contributed by atoms with van der Waals surface area (Å²) in [5, 5.41) is 20.6. The van der Waals surface area contributed by atoms with Gasteiger partial charge in [0.15, 0.2) is 0 Å². The average Bonchev–Trinajstić information content (AvgIpc) is 2.39. The Labute approximate surface area is 111 Å². The van der Waals surface area contributed by atoms with E-state index < -0.39 is 24.0 Å². The summed E-state index contributed by atoms with van der Waals surface area (Å²) in [6.07, 6.45) is 0.579. The van der Waals surface area contributed by atoms with Crippen LogP contribution in [-0.4, -0.2) is 34.2 Å². The molecular formula is C13H18N2O4. The van der Waals surface area contributed by atoms with Gasteiger partial charge in [0.05, 0.1) is 6.04 Å². The molecule has 0 aliphatic heterocycles. The predicted molar refractivity (Wildman–Crippen MR) is 69.6 cm³/mol. The second-order valence-electron chi connectivity index (χ2n) is 4.28. The topological polar surface area (TPSA) is 113 Å². The zero-order chi connectivity index (χ0) is 14.4. The van der Waals surface area contributed by atoms with Crippen LogP contribution < -0.4 is 11.1 Å². The third-order valence-electron chi connectivity index (χ3n) is 2.77. The first-order chi connectivity index (χ1) is 8.93. The molecule has 0 aliphatic rings. The van der Waals surface area contributed by atoms with Crippen LogP contribution in [0.15, 0.2) is 24.3 Å². The van der Waals surface area contributed by atoms with E-state index in [1.165, 1.54) is 12.1 Å². The molecule has 0 saturated carbocycles. The number of carboxylic acid groups (broad SMARTS) is 1. The monoisotopic (exact) mass is 266 g/mol. The molecule has 6 heteroatoms. The second kappa shape index (κ2) is 6.75. The Kier molecular flexibility index (Phi) is 5.32. The first kappa shape index (κ1) is 15.0. The van der Waals surface area contributed by atoms with E-state index in [0.29, 0.717) is 12.0 Å². The lowest BCUT2D eigenvalue weighted by molar-refractivity contribution is -0.142. The summed E-state index contributed by atoms with van der Waals surface area (Å²) in [4.78, 5) is 22.7. The summed E-state index contributed by atoms with van der Waals surface area (Å²) in [6.45, 7) is 1.75. The van der Waals surface area contributed by atoms with Crippen LogP contribution in [0.3, 0.4) is 0 Å². The van der Waals surface area contributed by atoms with Gasteiger partial charge in [0.2, 0.25) is 5.91 Å². The number of hydrogen-bond donors (Lipinski definition) is 4. The lowest BCUT2D eigenvalue weighted by Gasteiger charge is -2.17. The van der Waals surface area contributed by atoms with Crippen molar-refractivity contribution in [2.45, 2.75) is 31.8 Å². The number of aliphatic carboxylic acids is 1. The molecule has 5 N–H and O–H groups in total. The number of nitrogens with two attached hydrogens (primary N) is 1. The molecule has 19 heavy (non-hydrogen) atoms. The Morgan fingerprint density at radius 3 is 2.37 bits per heavy atom. The zero-order valence-electron chi connectivity index (χ0n) is 10.7. The summed E-state index contributed by atoms with van der Waals surface area (Å²) < 4.78 is 0. The van der Waals surface area contributed by atoms with Crippen LogP contribution in [-0.2, 0) is 16.0 Å². The van der Waals surface area contributed by atoms with Crippen LogP contribution in [0.4, 0.5) is 0 Å². The summed E-state index contributed by atoms with van der Waals surface area (Å²) in [6, 6.07) is 4.41. The molecule has 0 heterocycles. The number of aromatic hydroxyl groups is 1. The van der Waals surface area contributed by atoms with E-state index in [1.54, 1.807) is 19.1 Å². The van der Waals surface area contributed by atoms with Gasteiger partial charge in [-0.05, 0) is 24.1 Å². The predicted octanol–water partition coefficient (Wildman–Crippen LogP) is 0.241. The molecule has 0 fully saturated rings. The standard InChI is InChI=1S/C13H18N2O4/c1-2-10(14)12(17)15-11(13(18)19)7-8-3-5-9(16)6-4-8/h3-6,10-11,16H,2,7,14H2,1H3,(H,15,17)(H,18,19)/t10-,11+/m1/s1. The minimum absolute atomic E-state index is 0.104. The molecule has 1 rings (SSSR count). The maximum atomic E-state index is 11.6. The third kappa shape index (κ3) is 4.59. The first-order valence-electron chi connectivity index (χ1n) is 6.00. The Balaban J connectivity index is 2.71. The Morgan fingerprint density at radius 2 is 1.89 bits per heavy atom. The lowest BCUT2D eigenvalue weighted by Crippen LogP contribution is -2.49. The van der Waals surface area contributed by atoms with Gasteiger partial charge in [0.1, 0.15) is 11.8 Å². The van der Waals surface area contributed by atoms with Gasteiger partial charge in [-0.15, -0.1) is 0 Å². The first-order valence-corrected chi connectivity index (χ1v) is 6.00. The maximum Gasteiger partial charge on any atom is 0.326 e. The fourth-order valence-electron chi connectivity index (χ4n) is 1.53. The molecule has 1 aromatic carbocycles. The van der Waals surface area contributed by atoms with Crippen LogP contribution >= 0.6 is 0 Å². The third-order valence-corrected chi connectivity index (χ3v) is 2.77. The van der Waals surface area contributed by atoms with Gasteiger partial charge in [-0.2, -0.15) is 0 Å².